The van der Waals surface area contributed by atoms with Crippen molar-refractivity contribution in [3.63, 3.8) is 0 Å². The summed E-state index contributed by atoms with van der Waals surface area (Å²) in [6, 6.07) is 2.37. The topological polar surface area (TPSA) is 54.5 Å². The van der Waals surface area contributed by atoms with E-state index in [1.807, 2.05) is 18.7 Å². The van der Waals surface area contributed by atoms with E-state index in [-0.39, 0.29) is 17.9 Å². The van der Waals surface area contributed by atoms with Gasteiger partial charge in [0.15, 0.2) is 0 Å². The zero-order chi connectivity index (χ0) is 18.4. The van der Waals surface area contributed by atoms with Crippen LogP contribution in [0.2, 0.25) is 0 Å². The van der Waals surface area contributed by atoms with Crippen molar-refractivity contribution < 1.29 is 22.7 Å². The summed E-state index contributed by atoms with van der Waals surface area (Å²) in [5.41, 5.74) is -0.770. The molecule has 25 heavy (non-hydrogen) atoms. The number of anilines is 1. The van der Waals surface area contributed by atoms with Crippen molar-refractivity contribution in [3.8, 4) is 0 Å². The Bertz CT molecular complexity index is 561. The average molecular weight is 359 g/mol. The number of rotatable bonds is 7. The van der Waals surface area contributed by atoms with Crippen LogP contribution in [0.3, 0.4) is 0 Å². The average Bonchev–Trinajstić information content (AvgIpc) is 3.03. The molecule has 1 aliphatic heterocycles. The molecule has 0 aliphatic carbocycles. The second kappa shape index (κ2) is 8.51. The van der Waals surface area contributed by atoms with Gasteiger partial charge in [-0.2, -0.15) is 13.2 Å². The highest BCUT2D eigenvalue weighted by Crippen LogP contribution is 2.30. The van der Waals surface area contributed by atoms with Crippen LogP contribution in [-0.4, -0.2) is 43.2 Å². The Morgan fingerprint density at radius 3 is 2.80 bits per heavy atom. The third kappa shape index (κ3) is 5.88. The quantitative estimate of drug-likeness (QED) is 0.761. The third-order valence-corrected chi connectivity index (χ3v) is 4.03. The lowest BCUT2D eigenvalue weighted by atomic mass is 10.1. The first-order chi connectivity index (χ1) is 11.8. The predicted molar refractivity (Wildman–Crippen MR) is 88.3 cm³/mol. The number of carbonyl (C=O) groups excluding carboxylic acids is 1. The fourth-order valence-corrected chi connectivity index (χ4v) is 2.67. The largest absolute Gasteiger partial charge is 0.417 e. The van der Waals surface area contributed by atoms with Crippen LogP contribution in [0.25, 0.3) is 0 Å². The highest BCUT2D eigenvalue weighted by atomic mass is 19.4. The number of alkyl halides is 3. The van der Waals surface area contributed by atoms with Crippen LogP contribution in [0.1, 0.15) is 32.3 Å². The molecule has 0 aromatic carbocycles. The van der Waals surface area contributed by atoms with Gasteiger partial charge in [0.25, 0.3) is 0 Å². The van der Waals surface area contributed by atoms with E-state index in [0.29, 0.717) is 38.5 Å². The molecule has 1 atom stereocenters. The molecule has 1 aromatic rings. The van der Waals surface area contributed by atoms with E-state index in [9.17, 15) is 18.0 Å². The van der Waals surface area contributed by atoms with E-state index < -0.39 is 11.7 Å². The molecule has 1 amide bonds. The first-order valence-corrected chi connectivity index (χ1v) is 8.45. The van der Waals surface area contributed by atoms with Gasteiger partial charge in [-0.25, -0.2) is 4.98 Å². The number of pyridine rings is 1. The smallest absolute Gasteiger partial charge is 0.379 e. The Morgan fingerprint density at radius 2 is 2.20 bits per heavy atom. The first-order valence-electron chi connectivity index (χ1n) is 8.45. The van der Waals surface area contributed by atoms with Crippen LogP contribution in [-0.2, 0) is 15.7 Å². The second-order valence-corrected chi connectivity index (χ2v) is 6.40. The summed E-state index contributed by atoms with van der Waals surface area (Å²) in [5, 5.41) is 2.88. The molecule has 1 saturated heterocycles. The van der Waals surface area contributed by atoms with E-state index in [4.69, 9.17) is 4.74 Å². The monoisotopic (exact) mass is 359 g/mol. The van der Waals surface area contributed by atoms with Crippen LogP contribution in [0.5, 0.6) is 0 Å². The summed E-state index contributed by atoms with van der Waals surface area (Å²) in [4.78, 5) is 17.9. The zero-order valence-electron chi connectivity index (χ0n) is 14.5. The van der Waals surface area contributed by atoms with Gasteiger partial charge in [-0.15, -0.1) is 0 Å². The van der Waals surface area contributed by atoms with Crippen LogP contribution < -0.4 is 10.2 Å². The maximum atomic E-state index is 12.6. The van der Waals surface area contributed by atoms with Crippen molar-refractivity contribution in [3.05, 3.63) is 23.9 Å². The number of hydrogen-bond donors (Lipinski definition) is 1. The lowest BCUT2D eigenvalue weighted by Gasteiger charge is -2.18. The summed E-state index contributed by atoms with van der Waals surface area (Å²) in [5.74, 6) is 0.266. The molecule has 0 spiro atoms. The molecule has 0 unspecified atom stereocenters. The molecule has 0 radical (unpaired) electrons. The van der Waals surface area contributed by atoms with Gasteiger partial charge in [0.1, 0.15) is 5.82 Å². The van der Waals surface area contributed by atoms with Crippen molar-refractivity contribution in [2.75, 3.05) is 31.1 Å². The lowest BCUT2D eigenvalue weighted by molar-refractivity contribution is -0.137. The van der Waals surface area contributed by atoms with Crippen LogP contribution in [0.4, 0.5) is 19.0 Å². The van der Waals surface area contributed by atoms with Gasteiger partial charge in [-0.1, -0.05) is 0 Å². The highest BCUT2D eigenvalue weighted by molar-refractivity contribution is 5.80. The molecular weight excluding hydrogens is 335 g/mol. The van der Waals surface area contributed by atoms with E-state index in [2.05, 4.69) is 10.3 Å². The maximum absolute atomic E-state index is 12.6. The van der Waals surface area contributed by atoms with Gasteiger partial charge in [-0.05, 0) is 38.8 Å². The number of halogens is 3. The van der Waals surface area contributed by atoms with Gasteiger partial charge in [0.2, 0.25) is 5.91 Å². The summed E-state index contributed by atoms with van der Waals surface area (Å²) < 4.78 is 43.1. The molecule has 8 heteroatoms. The minimum Gasteiger partial charge on any atom is -0.379 e. The van der Waals surface area contributed by atoms with Gasteiger partial charge in [-0.3, -0.25) is 4.79 Å². The molecule has 0 bridgehead atoms. The van der Waals surface area contributed by atoms with Gasteiger partial charge in [0, 0.05) is 32.4 Å². The SMILES string of the molecule is CC(C)OCCCNC(=O)[C@@H]1CCN(c2ccc(C(F)(F)F)cn2)C1. The van der Waals surface area contributed by atoms with Crippen molar-refractivity contribution in [2.45, 2.75) is 39.0 Å². The molecule has 1 N–H and O–H groups in total. The number of amides is 1. The number of nitrogens with zero attached hydrogens (tertiary/aromatic N) is 2. The minimum absolute atomic E-state index is 0.0287. The number of hydrogen-bond acceptors (Lipinski definition) is 4. The summed E-state index contributed by atoms with van der Waals surface area (Å²) >= 11 is 0. The Labute approximate surface area is 145 Å². The summed E-state index contributed by atoms with van der Waals surface area (Å²) in [7, 11) is 0. The minimum atomic E-state index is -4.39. The van der Waals surface area contributed by atoms with Crippen molar-refractivity contribution >= 4 is 11.7 Å². The maximum Gasteiger partial charge on any atom is 0.417 e. The molecule has 1 fully saturated rings. The van der Waals surface area contributed by atoms with E-state index in [1.165, 1.54) is 6.07 Å². The van der Waals surface area contributed by atoms with Gasteiger partial charge >= 0.3 is 6.18 Å². The Kier molecular flexibility index (Phi) is 6.64. The molecule has 1 aliphatic rings. The molecule has 0 saturated carbocycles. The predicted octanol–water partition coefficient (Wildman–Crippen LogP) is 2.86. The number of ether oxygens (including phenoxy) is 1. The fraction of sp³-hybridized carbons (Fsp3) is 0.647. The Morgan fingerprint density at radius 1 is 1.44 bits per heavy atom. The molecular formula is C17H24F3N3O2. The van der Waals surface area contributed by atoms with Crippen molar-refractivity contribution in [2.24, 2.45) is 5.92 Å². The number of aromatic nitrogens is 1. The molecule has 5 nitrogen and oxygen atoms in total. The summed E-state index contributed by atoms with van der Waals surface area (Å²) in [6.07, 6.45) is -1.97. The van der Waals surface area contributed by atoms with E-state index in [1.54, 1.807) is 0 Å². The lowest BCUT2D eigenvalue weighted by Crippen LogP contribution is -2.34. The van der Waals surface area contributed by atoms with Gasteiger partial charge in [0.05, 0.1) is 17.6 Å². The van der Waals surface area contributed by atoms with Crippen LogP contribution in [0, 0.1) is 5.92 Å². The molecule has 2 heterocycles. The molecule has 1 aromatic heterocycles. The Hall–Kier alpha value is -1.83. The standard InChI is InChI=1S/C17H24F3N3O2/c1-12(2)25-9-3-7-21-16(24)13-6-8-23(11-13)15-5-4-14(10-22-15)17(18,19)20/h4-5,10,12-13H,3,6-9,11H2,1-2H3,(H,21,24)/t13-/m1/s1. The van der Waals surface area contributed by atoms with Gasteiger partial charge < -0.3 is 15.0 Å². The van der Waals surface area contributed by atoms with Crippen LogP contribution in [0.15, 0.2) is 18.3 Å². The molecule has 2 rings (SSSR count). The fourth-order valence-electron chi connectivity index (χ4n) is 2.67. The normalized spacial score (nSPS) is 18.0. The van der Waals surface area contributed by atoms with E-state index >= 15 is 0 Å². The summed E-state index contributed by atoms with van der Waals surface area (Å²) in [6.45, 7) is 6.15. The molecule has 140 valence electrons. The van der Waals surface area contributed by atoms with E-state index in [0.717, 1.165) is 18.7 Å². The third-order valence-electron chi connectivity index (χ3n) is 4.03. The number of nitrogens with one attached hydrogen (secondary N) is 1. The van der Waals surface area contributed by atoms with Crippen molar-refractivity contribution in [1.29, 1.82) is 0 Å². The Balaban J connectivity index is 1.78. The first kappa shape index (κ1) is 19.5. The van der Waals surface area contributed by atoms with Crippen molar-refractivity contribution in [1.82, 2.24) is 10.3 Å². The highest BCUT2D eigenvalue weighted by Gasteiger charge is 2.32. The van der Waals surface area contributed by atoms with Crippen LogP contribution >= 0.6 is 0 Å². The zero-order valence-corrected chi connectivity index (χ0v) is 14.5. The number of carbonyl (C=O) groups is 1. The second-order valence-electron chi connectivity index (χ2n) is 6.40.